The molecule has 0 unspecified atom stereocenters. The molecule has 3 fully saturated rings. The van der Waals surface area contributed by atoms with Gasteiger partial charge in [-0.3, -0.25) is 19.2 Å². The SMILES string of the molecule is CC(=O)O[C@H]1C[C@H]2OC[C@@]2(OC(C)=O)[C@H]2[C@H](OC(=O)c3ccccc3)[C@]3(O)C[C@H](OC(=O)[C@H](O)[C@@H](NC(=O)c4ccccc4)c4ccccc4)C(C)=C([C@@H](O)C(=O)[C@]12C)C3(C)C. The van der Waals surface area contributed by atoms with Crippen LogP contribution in [0.5, 0.6) is 0 Å². The number of hydrogen-bond acceptors (Lipinski definition) is 14. The van der Waals surface area contributed by atoms with E-state index in [0.29, 0.717) is 5.56 Å². The van der Waals surface area contributed by atoms with Crippen LogP contribution < -0.4 is 5.32 Å². The minimum atomic E-state index is -2.39. The predicted octanol–water partition coefficient (Wildman–Crippen LogP) is 3.74. The number of carbonyl (C=O) groups excluding carboxylic acids is 6. The van der Waals surface area contributed by atoms with Crippen molar-refractivity contribution in [2.45, 2.75) is 108 Å². The summed E-state index contributed by atoms with van der Waals surface area (Å²) in [7, 11) is 0. The van der Waals surface area contributed by atoms with Crippen molar-refractivity contribution in [2.75, 3.05) is 6.61 Å². The number of hydrogen-bond donors (Lipinski definition) is 4. The van der Waals surface area contributed by atoms with Crippen LogP contribution in [0.2, 0.25) is 0 Å². The summed E-state index contributed by atoms with van der Waals surface area (Å²) in [5, 5.41) is 40.5. The van der Waals surface area contributed by atoms with E-state index in [1.54, 1.807) is 92.7 Å². The molecule has 3 aliphatic carbocycles. The van der Waals surface area contributed by atoms with Crippen LogP contribution >= 0.6 is 0 Å². The second kappa shape index (κ2) is 16.5. The molecule has 7 rings (SSSR count). The number of carbonyl (C=O) groups is 6. The molecular weight excluding hydrogens is 803 g/mol. The van der Waals surface area contributed by atoms with Crippen molar-refractivity contribution < 1.29 is 67.8 Å². The van der Waals surface area contributed by atoms with Crippen molar-refractivity contribution in [1.29, 1.82) is 0 Å². The molecule has 3 aromatic rings. The molecule has 15 nitrogen and oxygen atoms in total. The second-order valence-electron chi connectivity index (χ2n) is 17.3. The number of esters is 4. The van der Waals surface area contributed by atoms with Crippen molar-refractivity contribution in [3.8, 4) is 0 Å². The number of Topliss-reactive ketones (excluding diaryl/α,β-unsaturated/α-hetero) is 1. The van der Waals surface area contributed by atoms with E-state index in [2.05, 4.69) is 5.32 Å². The highest BCUT2D eigenvalue weighted by molar-refractivity contribution is 5.95. The van der Waals surface area contributed by atoms with Gasteiger partial charge in [-0.15, -0.1) is 0 Å². The molecule has 1 aliphatic heterocycles. The van der Waals surface area contributed by atoms with Crippen LogP contribution in [0.15, 0.2) is 102 Å². The first kappa shape index (κ1) is 44.3. The van der Waals surface area contributed by atoms with Gasteiger partial charge in [0.2, 0.25) is 0 Å². The number of fused-ring (bicyclic) bond motifs is 5. The zero-order chi connectivity index (χ0) is 44.9. The molecule has 328 valence electrons. The van der Waals surface area contributed by atoms with Crippen LogP contribution in [0.25, 0.3) is 0 Å². The summed E-state index contributed by atoms with van der Waals surface area (Å²) < 4.78 is 30.3. The first-order chi connectivity index (χ1) is 29.3. The molecule has 0 spiro atoms. The van der Waals surface area contributed by atoms with Crippen LogP contribution in [0, 0.1) is 16.7 Å². The molecular formula is C47H51NO14. The zero-order valence-electron chi connectivity index (χ0n) is 35.2. The number of ketones is 1. The summed E-state index contributed by atoms with van der Waals surface area (Å²) in [5.74, 6) is -6.76. The van der Waals surface area contributed by atoms with Crippen LogP contribution in [-0.2, 0) is 42.9 Å². The Morgan fingerprint density at radius 1 is 0.823 bits per heavy atom. The van der Waals surface area contributed by atoms with Crippen LogP contribution in [0.1, 0.15) is 86.7 Å². The average molecular weight is 854 g/mol. The second-order valence-corrected chi connectivity index (χ2v) is 17.3. The highest BCUT2D eigenvalue weighted by Gasteiger charge is 2.78. The van der Waals surface area contributed by atoms with E-state index >= 15 is 4.79 Å². The predicted molar refractivity (Wildman–Crippen MR) is 218 cm³/mol. The highest BCUT2D eigenvalue weighted by atomic mass is 16.6. The van der Waals surface area contributed by atoms with Gasteiger partial charge in [-0.1, -0.05) is 80.6 Å². The fraction of sp³-hybridized carbons (Fsp3) is 0.447. The molecule has 62 heavy (non-hydrogen) atoms. The highest BCUT2D eigenvalue weighted by Crippen LogP contribution is 2.64. The molecule has 4 N–H and O–H groups in total. The number of benzene rings is 3. The van der Waals surface area contributed by atoms with Crippen molar-refractivity contribution >= 4 is 35.6 Å². The van der Waals surface area contributed by atoms with Gasteiger partial charge in [0.1, 0.15) is 36.1 Å². The third kappa shape index (κ3) is 7.29. The molecule has 0 aromatic heterocycles. The molecule has 2 bridgehead atoms. The van der Waals surface area contributed by atoms with Gasteiger partial charge in [-0.2, -0.15) is 0 Å². The lowest BCUT2D eigenvalue weighted by Gasteiger charge is -2.67. The maximum absolute atomic E-state index is 15.3. The molecule has 4 aliphatic rings. The number of aliphatic hydroxyl groups is 3. The van der Waals surface area contributed by atoms with Crippen LogP contribution in [-0.4, -0.2) is 105 Å². The van der Waals surface area contributed by atoms with Gasteiger partial charge < -0.3 is 44.3 Å². The fourth-order valence-corrected chi connectivity index (χ4v) is 10.3. The summed E-state index contributed by atoms with van der Waals surface area (Å²) in [6.45, 7) is 8.01. The number of aliphatic hydroxyl groups excluding tert-OH is 2. The summed E-state index contributed by atoms with van der Waals surface area (Å²) in [6, 6.07) is 23.0. The molecule has 2 saturated carbocycles. The lowest BCUT2D eigenvalue weighted by Crippen LogP contribution is -2.82. The topological polar surface area (TPSA) is 221 Å². The standard InChI is InChI=1S/C47H51NO14/c1-25-31(60-43(56)37(52)35(28-16-10-7-11-17-28)48-41(54)29-18-12-8-13-19-29)23-47(57)40(61-42(55)30-20-14-9-15-21-30)38-45(6,39(53)36(51)34(25)44(47,4)5)32(59-26(2)49)22-33-46(38,24-58-33)62-27(3)50/h7-21,31-33,35-38,40,51-52,57H,22-24H2,1-6H3,(H,48,54)/t31-,32-,33+,35-,36+,37+,38-,40-,45+,46-,47+/m0/s1. The number of rotatable bonds is 10. The Hall–Kier alpha value is -5.74. The first-order valence-electron chi connectivity index (χ1n) is 20.5. The lowest BCUT2D eigenvalue weighted by molar-refractivity contribution is -0.346. The summed E-state index contributed by atoms with van der Waals surface area (Å²) in [5.41, 5.74) is -7.06. The van der Waals surface area contributed by atoms with Gasteiger partial charge in [0.15, 0.2) is 17.5 Å². The summed E-state index contributed by atoms with van der Waals surface area (Å²) in [6.07, 6.45) is -10.4. The molecule has 15 heteroatoms. The molecule has 0 radical (unpaired) electrons. The van der Waals surface area contributed by atoms with Gasteiger partial charge in [0, 0.05) is 37.7 Å². The van der Waals surface area contributed by atoms with Crippen molar-refractivity contribution in [2.24, 2.45) is 16.7 Å². The number of nitrogens with one attached hydrogen (secondary N) is 1. The van der Waals surface area contributed by atoms with Crippen molar-refractivity contribution in [3.05, 3.63) is 119 Å². The molecule has 1 amide bonds. The minimum absolute atomic E-state index is 0.0673. The average Bonchev–Trinajstić information content (AvgIpc) is 3.24. The monoisotopic (exact) mass is 853 g/mol. The zero-order valence-corrected chi connectivity index (χ0v) is 35.2. The van der Waals surface area contributed by atoms with E-state index in [0.717, 1.165) is 13.8 Å². The Labute approximate surface area is 358 Å². The Balaban J connectivity index is 1.37. The van der Waals surface area contributed by atoms with E-state index in [1.807, 2.05) is 0 Å². The van der Waals surface area contributed by atoms with Crippen molar-refractivity contribution in [3.63, 3.8) is 0 Å². The number of ether oxygens (including phenoxy) is 5. The fourth-order valence-electron chi connectivity index (χ4n) is 10.3. The Morgan fingerprint density at radius 3 is 1.95 bits per heavy atom. The van der Waals surface area contributed by atoms with E-state index in [4.69, 9.17) is 23.7 Å². The van der Waals surface area contributed by atoms with E-state index in [1.165, 1.54) is 26.0 Å². The minimum Gasteiger partial charge on any atom is -0.461 e. The normalized spacial score (nSPS) is 31.9. The Kier molecular flexibility index (Phi) is 11.8. The van der Waals surface area contributed by atoms with E-state index in [9.17, 15) is 39.3 Å². The van der Waals surface area contributed by atoms with Gasteiger partial charge in [0.25, 0.3) is 5.91 Å². The third-order valence-electron chi connectivity index (χ3n) is 13.5. The van der Waals surface area contributed by atoms with E-state index < -0.39 is 113 Å². The lowest BCUT2D eigenvalue weighted by atomic mass is 9.44. The van der Waals surface area contributed by atoms with Crippen molar-refractivity contribution in [1.82, 2.24) is 5.32 Å². The van der Waals surface area contributed by atoms with Crippen LogP contribution in [0.3, 0.4) is 0 Å². The smallest absolute Gasteiger partial charge is 0.338 e. The Morgan fingerprint density at radius 2 is 1.40 bits per heavy atom. The van der Waals surface area contributed by atoms with Gasteiger partial charge >= 0.3 is 23.9 Å². The van der Waals surface area contributed by atoms with Crippen LogP contribution in [0.4, 0.5) is 0 Å². The largest absolute Gasteiger partial charge is 0.461 e. The third-order valence-corrected chi connectivity index (χ3v) is 13.5. The molecule has 3 aromatic carbocycles. The quantitative estimate of drug-likeness (QED) is 0.130. The number of amides is 1. The molecule has 1 heterocycles. The molecule has 1 saturated heterocycles. The Bertz CT molecular complexity index is 2280. The summed E-state index contributed by atoms with van der Waals surface area (Å²) >= 11 is 0. The van der Waals surface area contributed by atoms with E-state index in [-0.39, 0.29) is 35.3 Å². The van der Waals surface area contributed by atoms with Gasteiger partial charge in [0.05, 0.1) is 29.5 Å². The summed E-state index contributed by atoms with van der Waals surface area (Å²) in [4.78, 5) is 83.0. The van der Waals surface area contributed by atoms with Gasteiger partial charge in [-0.25, -0.2) is 9.59 Å². The molecule has 11 atom stereocenters. The van der Waals surface area contributed by atoms with Gasteiger partial charge in [-0.05, 0) is 54.8 Å². The maximum Gasteiger partial charge on any atom is 0.338 e. The first-order valence-corrected chi connectivity index (χ1v) is 20.5. The maximum atomic E-state index is 15.3.